The minimum atomic E-state index is 1.05. The minimum Gasteiger partial charge on any atom is -0.316 e. The number of hydrogen-bond donors (Lipinski definition) is 1. The summed E-state index contributed by atoms with van der Waals surface area (Å²) in [5.74, 6) is 2.18. The zero-order valence-corrected chi connectivity index (χ0v) is 5.90. The molecule has 1 atom stereocenters. The summed E-state index contributed by atoms with van der Waals surface area (Å²) < 4.78 is 0. The van der Waals surface area contributed by atoms with Gasteiger partial charge in [0, 0.05) is 0 Å². The van der Waals surface area contributed by atoms with Gasteiger partial charge >= 0.3 is 0 Å². The van der Waals surface area contributed by atoms with Crippen molar-refractivity contribution < 1.29 is 0 Å². The highest BCUT2D eigenvalue weighted by atomic mass is 14.9. The van der Waals surface area contributed by atoms with Crippen LogP contribution in [0.5, 0.6) is 0 Å². The van der Waals surface area contributed by atoms with E-state index in [1.807, 2.05) is 0 Å². The third-order valence-electron chi connectivity index (χ3n) is 2.62. The fraction of sp³-hybridized carbons (Fsp3) is 1.00. The van der Waals surface area contributed by atoms with Crippen molar-refractivity contribution in [2.75, 3.05) is 13.1 Å². The van der Waals surface area contributed by atoms with Crippen LogP contribution >= 0.6 is 0 Å². The molecule has 0 bridgehead atoms. The average molecular weight is 125 g/mol. The van der Waals surface area contributed by atoms with Crippen LogP contribution in [0.3, 0.4) is 0 Å². The van der Waals surface area contributed by atoms with Crippen LogP contribution in [0.2, 0.25) is 0 Å². The lowest BCUT2D eigenvalue weighted by atomic mass is 9.95. The minimum absolute atomic E-state index is 1.05. The molecule has 2 aliphatic rings. The second-order valence-corrected chi connectivity index (χ2v) is 3.44. The summed E-state index contributed by atoms with van der Waals surface area (Å²) in [6.45, 7) is 2.58. The van der Waals surface area contributed by atoms with Crippen LogP contribution in [-0.2, 0) is 0 Å². The first-order valence-electron chi connectivity index (χ1n) is 4.17. The molecule has 0 aromatic carbocycles. The molecule has 9 heavy (non-hydrogen) atoms. The fourth-order valence-electron chi connectivity index (χ4n) is 1.85. The molecule has 1 nitrogen and oxygen atoms in total. The molecule has 1 heterocycles. The summed E-state index contributed by atoms with van der Waals surface area (Å²) in [5, 5.41) is 3.46. The average Bonchev–Trinajstić information content (AvgIpc) is 2.71. The van der Waals surface area contributed by atoms with E-state index in [2.05, 4.69) is 5.32 Å². The Morgan fingerprint density at radius 2 is 1.89 bits per heavy atom. The predicted octanol–water partition coefficient (Wildman–Crippen LogP) is 1.40. The number of piperidine rings is 1. The molecule has 1 N–H and O–H groups in total. The molecule has 0 aromatic rings. The summed E-state index contributed by atoms with van der Waals surface area (Å²) in [6.07, 6.45) is 5.96. The van der Waals surface area contributed by atoms with Gasteiger partial charge in [0.25, 0.3) is 0 Å². The molecular formula is C8H15N. The molecule has 0 unspecified atom stereocenters. The molecule has 0 amide bonds. The van der Waals surface area contributed by atoms with Gasteiger partial charge in [-0.25, -0.2) is 0 Å². The molecule has 0 aromatic heterocycles. The van der Waals surface area contributed by atoms with Gasteiger partial charge in [0.1, 0.15) is 0 Å². The lowest BCUT2D eigenvalue weighted by Gasteiger charge is -2.21. The van der Waals surface area contributed by atoms with Crippen molar-refractivity contribution in [3.05, 3.63) is 0 Å². The molecule has 1 heteroatoms. The smallest absolute Gasteiger partial charge is 0.00179 e. The highest BCUT2D eigenvalue weighted by Gasteiger charge is 2.31. The van der Waals surface area contributed by atoms with E-state index in [-0.39, 0.29) is 0 Å². The van der Waals surface area contributed by atoms with Crippen molar-refractivity contribution >= 4 is 0 Å². The molecule has 1 aliphatic carbocycles. The molecule has 1 saturated carbocycles. The van der Waals surface area contributed by atoms with Crippen LogP contribution < -0.4 is 5.32 Å². The van der Waals surface area contributed by atoms with Crippen molar-refractivity contribution in [3.63, 3.8) is 0 Å². The zero-order valence-electron chi connectivity index (χ0n) is 5.90. The van der Waals surface area contributed by atoms with Gasteiger partial charge in [-0.2, -0.15) is 0 Å². The van der Waals surface area contributed by atoms with Crippen molar-refractivity contribution in [3.8, 4) is 0 Å². The van der Waals surface area contributed by atoms with E-state index >= 15 is 0 Å². The van der Waals surface area contributed by atoms with Crippen LogP contribution in [-0.4, -0.2) is 13.1 Å². The van der Waals surface area contributed by atoms with Crippen LogP contribution in [0.25, 0.3) is 0 Å². The van der Waals surface area contributed by atoms with E-state index in [0.717, 1.165) is 11.8 Å². The van der Waals surface area contributed by atoms with E-state index in [4.69, 9.17) is 0 Å². The fourth-order valence-corrected chi connectivity index (χ4v) is 1.85. The van der Waals surface area contributed by atoms with E-state index in [1.54, 1.807) is 0 Å². The Labute approximate surface area is 56.8 Å². The highest BCUT2D eigenvalue weighted by Crippen LogP contribution is 2.39. The van der Waals surface area contributed by atoms with E-state index in [1.165, 1.54) is 38.8 Å². The number of hydrogen-bond acceptors (Lipinski definition) is 1. The molecule has 1 saturated heterocycles. The summed E-state index contributed by atoms with van der Waals surface area (Å²) in [6, 6.07) is 0. The normalized spacial score (nSPS) is 36.7. The Balaban J connectivity index is 1.80. The maximum Gasteiger partial charge on any atom is -0.00179 e. The molecule has 0 radical (unpaired) electrons. The van der Waals surface area contributed by atoms with E-state index < -0.39 is 0 Å². The largest absolute Gasteiger partial charge is 0.316 e. The van der Waals surface area contributed by atoms with Gasteiger partial charge in [0.05, 0.1) is 0 Å². The van der Waals surface area contributed by atoms with Gasteiger partial charge in [-0.1, -0.05) is 0 Å². The van der Waals surface area contributed by atoms with Crippen molar-refractivity contribution in [2.45, 2.75) is 25.7 Å². The quantitative estimate of drug-likeness (QED) is 0.558. The summed E-state index contributed by atoms with van der Waals surface area (Å²) in [7, 11) is 0. The molecule has 0 spiro atoms. The lowest BCUT2D eigenvalue weighted by molar-refractivity contribution is 0.341. The Morgan fingerprint density at radius 1 is 1.00 bits per heavy atom. The number of rotatable bonds is 1. The topological polar surface area (TPSA) is 12.0 Å². The second-order valence-electron chi connectivity index (χ2n) is 3.44. The first-order chi connectivity index (χ1) is 4.47. The van der Waals surface area contributed by atoms with Gasteiger partial charge < -0.3 is 5.32 Å². The van der Waals surface area contributed by atoms with Crippen molar-refractivity contribution in [2.24, 2.45) is 11.8 Å². The van der Waals surface area contributed by atoms with Crippen LogP contribution in [0.4, 0.5) is 0 Å². The first-order valence-corrected chi connectivity index (χ1v) is 4.17. The van der Waals surface area contributed by atoms with Gasteiger partial charge in [-0.15, -0.1) is 0 Å². The second kappa shape index (κ2) is 2.30. The van der Waals surface area contributed by atoms with Crippen LogP contribution in [0.15, 0.2) is 0 Å². The van der Waals surface area contributed by atoms with Gasteiger partial charge in [0.2, 0.25) is 0 Å². The Hall–Kier alpha value is -0.0400. The summed E-state index contributed by atoms with van der Waals surface area (Å²) in [5.41, 5.74) is 0. The standard InChI is InChI=1S/C8H15N/c1-2-8(6-9-5-1)7-3-4-7/h7-9H,1-6H2/t8-/m0/s1. The Kier molecular flexibility index (Phi) is 1.46. The summed E-state index contributed by atoms with van der Waals surface area (Å²) >= 11 is 0. The first kappa shape index (κ1) is 5.72. The lowest BCUT2D eigenvalue weighted by Crippen LogP contribution is -2.30. The van der Waals surface area contributed by atoms with Crippen LogP contribution in [0.1, 0.15) is 25.7 Å². The third kappa shape index (κ3) is 1.26. The molecule has 2 fully saturated rings. The van der Waals surface area contributed by atoms with E-state index in [9.17, 15) is 0 Å². The Bertz CT molecular complexity index is 90.7. The van der Waals surface area contributed by atoms with E-state index in [0.29, 0.717) is 0 Å². The van der Waals surface area contributed by atoms with Gasteiger partial charge in [-0.05, 0) is 50.6 Å². The Morgan fingerprint density at radius 3 is 2.44 bits per heavy atom. The number of nitrogens with one attached hydrogen (secondary N) is 1. The SMILES string of the molecule is C1CNC[C@@H](C2CC2)C1. The summed E-state index contributed by atoms with van der Waals surface area (Å²) in [4.78, 5) is 0. The van der Waals surface area contributed by atoms with Crippen molar-refractivity contribution in [1.82, 2.24) is 5.32 Å². The van der Waals surface area contributed by atoms with Gasteiger partial charge in [-0.3, -0.25) is 0 Å². The maximum atomic E-state index is 3.46. The maximum absolute atomic E-state index is 3.46. The molecule has 2 rings (SSSR count). The van der Waals surface area contributed by atoms with Crippen molar-refractivity contribution in [1.29, 1.82) is 0 Å². The van der Waals surface area contributed by atoms with Gasteiger partial charge in [0.15, 0.2) is 0 Å². The van der Waals surface area contributed by atoms with Crippen LogP contribution in [0, 0.1) is 11.8 Å². The predicted molar refractivity (Wildman–Crippen MR) is 38.3 cm³/mol. The monoisotopic (exact) mass is 125 g/mol. The third-order valence-corrected chi connectivity index (χ3v) is 2.62. The molecular weight excluding hydrogens is 110 g/mol. The highest BCUT2D eigenvalue weighted by molar-refractivity contribution is 4.84. The molecule has 52 valence electrons. The molecule has 1 aliphatic heterocycles. The zero-order chi connectivity index (χ0) is 6.10.